The van der Waals surface area contributed by atoms with Crippen molar-refractivity contribution in [2.45, 2.75) is 31.8 Å². The van der Waals surface area contributed by atoms with Crippen molar-refractivity contribution in [1.29, 1.82) is 0 Å². The van der Waals surface area contributed by atoms with E-state index in [9.17, 15) is 4.79 Å². The summed E-state index contributed by atoms with van der Waals surface area (Å²) in [6.07, 6.45) is 2.11. The first-order valence-corrected chi connectivity index (χ1v) is 9.53. The van der Waals surface area contributed by atoms with Gasteiger partial charge in [-0.25, -0.2) is 0 Å². The van der Waals surface area contributed by atoms with Gasteiger partial charge in [-0.15, -0.1) is 0 Å². The molecule has 2 fully saturated rings. The number of rotatable bonds is 6. The van der Waals surface area contributed by atoms with E-state index in [1.807, 2.05) is 23.1 Å². The largest absolute Gasteiger partial charge is 0.376 e. The Morgan fingerprint density at radius 3 is 2.56 bits per heavy atom. The number of benzene rings is 1. The van der Waals surface area contributed by atoms with Gasteiger partial charge in [-0.3, -0.25) is 9.69 Å². The van der Waals surface area contributed by atoms with Crippen LogP contribution in [-0.4, -0.2) is 74.4 Å². The third kappa shape index (κ3) is 5.03. The van der Waals surface area contributed by atoms with Crippen molar-refractivity contribution in [2.24, 2.45) is 0 Å². The van der Waals surface area contributed by atoms with E-state index in [0.717, 1.165) is 51.1 Å². The molecule has 0 saturated carbocycles. The number of carbonyl (C=O) groups excluding carboxylic acids is 1. The molecule has 0 unspecified atom stereocenters. The van der Waals surface area contributed by atoms with Crippen LogP contribution in [0.15, 0.2) is 30.3 Å². The molecule has 0 N–H and O–H groups in total. The molecule has 2 saturated heterocycles. The molecule has 3 rings (SSSR count). The quantitative estimate of drug-likeness (QED) is 0.791. The lowest BCUT2D eigenvalue weighted by atomic mass is 9.93. The van der Waals surface area contributed by atoms with E-state index in [1.54, 1.807) is 0 Å². The summed E-state index contributed by atoms with van der Waals surface area (Å²) in [4.78, 5) is 17.5. The van der Waals surface area contributed by atoms with Crippen LogP contribution in [0, 0.1) is 0 Å². The van der Waals surface area contributed by atoms with Crippen LogP contribution in [0.1, 0.15) is 31.2 Å². The topological polar surface area (TPSA) is 42.0 Å². The van der Waals surface area contributed by atoms with Gasteiger partial charge in [0.2, 0.25) is 5.91 Å². The second-order valence-electron chi connectivity index (χ2n) is 6.95. The summed E-state index contributed by atoms with van der Waals surface area (Å²) in [5.74, 6) is 0.276. The number of amides is 1. The van der Waals surface area contributed by atoms with E-state index in [2.05, 4.69) is 24.0 Å². The van der Waals surface area contributed by atoms with Gasteiger partial charge >= 0.3 is 0 Å². The van der Waals surface area contributed by atoms with Crippen LogP contribution >= 0.6 is 0 Å². The fourth-order valence-electron chi connectivity index (χ4n) is 3.71. The van der Waals surface area contributed by atoms with Crippen molar-refractivity contribution in [3.05, 3.63) is 35.9 Å². The van der Waals surface area contributed by atoms with Gasteiger partial charge in [-0.2, -0.15) is 0 Å². The Kier molecular flexibility index (Phi) is 6.84. The molecule has 138 valence electrons. The van der Waals surface area contributed by atoms with Crippen molar-refractivity contribution >= 4 is 5.91 Å². The summed E-state index contributed by atoms with van der Waals surface area (Å²) in [6.45, 7) is 8.57. The van der Waals surface area contributed by atoms with Gasteiger partial charge in [0.05, 0.1) is 31.8 Å². The van der Waals surface area contributed by atoms with E-state index >= 15 is 0 Å². The van der Waals surface area contributed by atoms with E-state index in [-0.39, 0.29) is 17.9 Å². The smallest absolute Gasteiger partial charge is 0.230 e. The van der Waals surface area contributed by atoms with E-state index in [4.69, 9.17) is 9.47 Å². The van der Waals surface area contributed by atoms with Crippen LogP contribution in [0.3, 0.4) is 0 Å². The Labute approximate surface area is 150 Å². The predicted octanol–water partition coefficient (Wildman–Crippen LogP) is 2.13. The summed E-state index contributed by atoms with van der Waals surface area (Å²) in [6, 6.07) is 10.2. The average molecular weight is 346 g/mol. The maximum Gasteiger partial charge on any atom is 0.230 e. The van der Waals surface area contributed by atoms with Crippen LogP contribution in [0.4, 0.5) is 0 Å². The zero-order chi connectivity index (χ0) is 17.5. The van der Waals surface area contributed by atoms with E-state index in [1.165, 1.54) is 0 Å². The first-order chi connectivity index (χ1) is 12.3. The van der Waals surface area contributed by atoms with Crippen LogP contribution in [0.5, 0.6) is 0 Å². The molecule has 25 heavy (non-hydrogen) atoms. The monoisotopic (exact) mass is 346 g/mol. The number of nitrogens with zero attached hydrogens (tertiary/aromatic N) is 2. The van der Waals surface area contributed by atoms with Gasteiger partial charge < -0.3 is 14.4 Å². The molecule has 2 atom stereocenters. The average Bonchev–Trinajstić information content (AvgIpc) is 2.68. The fraction of sp³-hybridized carbons (Fsp3) is 0.650. The molecule has 2 heterocycles. The molecule has 0 aromatic heterocycles. The maximum atomic E-state index is 13.0. The van der Waals surface area contributed by atoms with Gasteiger partial charge in [0, 0.05) is 32.7 Å². The SMILES string of the molecule is CCC[C@@H](C(=O)N1CCN(C[C@@H]2COCCO2)CC1)c1ccccc1. The van der Waals surface area contributed by atoms with Crippen LogP contribution < -0.4 is 0 Å². The molecular weight excluding hydrogens is 316 g/mol. The summed E-state index contributed by atoms with van der Waals surface area (Å²) in [5.41, 5.74) is 1.14. The highest BCUT2D eigenvalue weighted by Crippen LogP contribution is 2.24. The van der Waals surface area contributed by atoms with Gasteiger partial charge in [0.25, 0.3) is 0 Å². The van der Waals surface area contributed by atoms with Crippen LogP contribution in [0.25, 0.3) is 0 Å². The van der Waals surface area contributed by atoms with Gasteiger partial charge in [0.1, 0.15) is 0 Å². The zero-order valence-electron chi connectivity index (χ0n) is 15.2. The van der Waals surface area contributed by atoms with Gasteiger partial charge in [-0.05, 0) is 12.0 Å². The Balaban J connectivity index is 1.52. The predicted molar refractivity (Wildman–Crippen MR) is 97.7 cm³/mol. The lowest BCUT2D eigenvalue weighted by molar-refractivity contribution is -0.135. The molecule has 2 aliphatic rings. The molecule has 0 aliphatic carbocycles. The zero-order valence-corrected chi connectivity index (χ0v) is 15.2. The number of carbonyl (C=O) groups is 1. The van der Waals surface area contributed by atoms with Crippen molar-refractivity contribution < 1.29 is 14.3 Å². The van der Waals surface area contributed by atoms with Gasteiger partial charge in [0.15, 0.2) is 0 Å². The highest BCUT2D eigenvalue weighted by atomic mass is 16.6. The summed E-state index contributed by atoms with van der Waals surface area (Å²) >= 11 is 0. The number of piperazine rings is 1. The molecule has 1 aromatic carbocycles. The Morgan fingerprint density at radius 2 is 1.92 bits per heavy atom. The molecule has 5 nitrogen and oxygen atoms in total. The maximum absolute atomic E-state index is 13.0. The summed E-state index contributed by atoms with van der Waals surface area (Å²) in [5, 5.41) is 0. The Hall–Kier alpha value is -1.43. The molecule has 0 bridgehead atoms. The number of hydrogen-bond donors (Lipinski definition) is 0. The Bertz CT molecular complexity index is 523. The fourth-order valence-corrected chi connectivity index (χ4v) is 3.71. The van der Waals surface area contributed by atoms with Crippen molar-refractivity contribution in [2.75, 3.05) is 52.5 Å². The Morgan fingerprint density at radius 1 is 1.16 bits per heavy atom. The molecule has 2 aliphatic heterocycles. The highest BCUT2D eigenvalue weighted by Gasteiger charge is 2.29. The van der Waals surface area contributed by atoms with E-state index in [0.29, 0.717) is 19.8 Å². The number of ether oxygens (including phenoxy) is 2. The standard InChI is InChI=1S/C20H30N2O3/c1-2-6-19(17-7-4-3-5-8-17)20(23)22-11-9-21(10-12-22)15-18-16-24-13-14-25-18/h3-5,7-8,18-19H,2,6,9-16H2,1H3/t18-,19-/m1/s1. The second-order valence-corrected chi connectivity index (χ2v) is 6.95. The van der Waals surface area contributed by atoms with E-state index < -0.39 is 0 Å². The molecule has 1 aromatic rings. The third-order valence-electron chi connectivity index (χ3n) is 5.11. The van der Waals surface area contributed by atoms with Crippen molar-refractivity contribution in [1.82, 2.24) is 9.80 Å². The minimum atomic E-state index is -0.00664. The third-order valence-corrected chi connectivity index (χ3v) is 5.11. The summed E-state index contributed by atoms with van der Waals surface area (Å²) in [7, 11) is 0. The van der Waals surface area contributed by atoms with Gasteiger partial charge in [-0.1, -0.05) is 43.7 Å². The molecular formula is C20H30N2O3. The van der Waals surface area contributed by atoms with Crippen molar-refractivity contribution in [3.8, 4) is 0 Å². The molecule has 0 radical (unpaired) electrons. The lowest BCUT2D eigenvalue weighted by Gasteiger charge is -2.38. The highest BCUT2D eigenvalue weighted by molar-refractivity contribution is 5.83. The lowest BCUT2D eigenvalue weighted by Crippen LogP contribution is -2.52. The van der Waals surface area contributed by atoms with Crippen LogP contribution in [-0.2, 0) is 14.3 Å². The van der Waals surface area contributed by atoms with Crippen molar-refractivity contribution in [3.63, 3.8) is 0 Å². The minimum absolute atomic E-state index is 0.00664. The first-order valence-electron chi connectivity index (χ1n) is 9.53. The first kappa shape index (κ1) is 18.4. The molecule has 1 amide bonds. The minimum Gasteiger partial charge on any atom is -0.376 e. The second kappa shape index (κ2) is 9.32. The molecule has 5 heteroatoms. The normalized spacial score (nSPS) is 23.4. The molecule has 0 spiro atoms. The number of hydrogen-bond acceptors (Lipinski definition) is 4. The summed E-state index contributed by atoms with van der Waals surface area (Å²) < 4.78 is 11.2. The van der Waals surface area contributed by atoms with Crippen LogP contribution in [0.2, 0.25) is 0 Å².